The van der Waals surface area contributed by atoms with E-state index in [1.807, 2.05) is 0 Å². The van der Waals surface area contributed by atoms with Crippen molar-refractivity contribution in [1.29, 1.82) is 0 Å². The summed E-state index contributed by atoms with van der Waals surface area (Å²) in [5.41, 5.74) is 1.24. The first-order valence-corrected chi connectivity index (χ1v) is 7.31. The molecule has 2 heteroatoms. The summed E-state index contributed by atoms with van der Waals surface area (Å²) in [4.78, 5) is 10.8. The fraction of sp³-hybridized carbons (Fsp3) is 0.389. The Kier molecular flexibility index (Phi) is 5.75. The molecule has 0 heterocycles. The first-order chi connectivity index (χ1) is 9.77. The van der Waals surface area contributed by atoms with E-state index in [9.17, 15) is 4.79 Å². The molecule has 0 aliphatic rings. The van der Waals surface area contributed by atoms with Crippen molar-refractivity contribution < 1.29 is 9.53 Å². The number of carbonyl (C=O) groups excluding carboxylic acids is 1. The van der Waals surface area contributed by atoms with Crippen molar-refractivity contribution in [3.05, 3.63) is 48.0 Å². The summed E-state index contributed by atoms with van der Waals surface area (Å²) in [6.45, 7) is 3.08. The molecule has 0 aliphatic carbocycles. The van der Waals surface area contributed by atoms with Gasteiger partial charge in [-0.3, -0.25) is 0 Å². The first kappa shape index (κ1) is 14.7. The molecule has 0 amide bonds. The molecule has 0 unspecified atom stereocenters. The van der Waals surface area contributed by atoms with Gasteiger partial charge in [-0.1, -0.05) is 48.9 Å². The second kappa shape index (κ2) is 7.81. The fourth-order valence-electron chi connectivity index (χ4n) is 2.36. The van der Waals surface area contributed by atoms with Gasteiger partial charge in [0.2, 0.25) is 0 Å². The van der Waals surface area contributed by atoms with Crippen molar-refractivity contribution in [2.24, 2.45) is 0 Å². The Labute approximate surface area is 120 Å². The van der Waals surface area contributed by atoms with Crippen molar-refractivity contribution in [1.82, 2.24) is 0 Å². The number of fused-ring (bicyclic) bond motifs is 1. The molecule has 106 valence electrons. The van der Waals surface area contributed by atoms with E-state index in [1.54, 1.807) is 6.92 Å². The minimum Gasteiger partial charge on any atom is -0.377 e. The largest absolute Gasteiger partial charge is 0.377 e. The predicted molar refractivity (Wildman–Crippen MR) is 82.8 cm³/mol. The lowest BCUT2D eigenvalue weighted by molar-refractivity contribution is -0.117. The summed E-state index contributed by atoms with van der Waals surface area (Å²) in [7, 11) is 0. The zero-order valence-electron chi connectivity index (χ0n) is 12.1. The van der Waals surface area contributed by atoms with Crippen LogP contribution in [0.25, 0.3) is 10.8 Å². The highest BCUT2D eigenvalue weighted by Gasteiger charge is 2.00. The third kappa shape index (κ3) is 4.46. The molecule has 0 saturated heterocycles. The lowest BCUT2D eigenvalue weighted by Gasteiger charge is -2.07. The number of ether oxygens (including phenoxy) is 1. The highest BCUT2D eigenvalue weighted by Crippen LogP contribution is 2.19. The number of hydrogen-bond acceptors (Lipinski definition) is 2. The first-order valence-electron chi connectivity index (χ1n) is 7.31. The van der Waals surface area contributed by atoms with Crippen molar-refractivity contribution in [2.75, 3.05) is 6.61 Å². The SMILES string of the molecule is CC(=O)CCCCCOCc1cccc2ccccc12. The standard InChI is InChI=1S/C18H22O2/c1-15(19)8-3-2-6-13-20-14-17-11-7-10-16-9-4-5-12-18(16)17/h4-5,7,9-12H,2-3,6,8,13-14H2,1H3. The van der Waals surface area contributed by atoms with E-state index in [4.69, 9.17) is 4.74 Å². The molecule has 0 radical (unpaired) electrons. The van der Waals surface area contributed by atoms with E-state index >= 15 is 0 Å². The van der Waals surface area contributed by atoms with Crippen LogP contribution in [-0.2, 0) is 16.1 Å². The lowest BCUT2D eigenvalue weighted by Crippen LogP contribution is -1.97. The van der Waals surface area contributed by atoms with E-state index in [1.165, 1.54) is 16.3 Å². The van der Waals surface area contributed by atoms with E-state index in [0.29, 0.717) is 13.0 Å². The van der Waals surface area contributed by atoms with Crippen molar-refractivity contribution >= 4 is 16.6 Å². The molecule has 0 fully saturated rings. The van der Waals surface area contributed by atoms with E-state index in [0.717, 1.165) is 25.9 Å². The highest BCUT2D eigenvalue weighted by molar-refractivity contribution is 5.85. The minimum atomic E-state index is 0.279. The van der Waals surface area contributed by atoms with Crippen LogP contribution in [0.4, 0.5) is 0 Å². The Morgan fingerprint density at radius 3 is 2.65 bits per heavy atom. The van der Waals surface area contributed by atoms with Crippen molar-refractivity contribution in [3.63, 3.8) is 0 Å². The van der Waals surface area contributed by atoms with Crippen LogP contribution in [0.5, 0.6) is 0 Å². The quantitative estimate of drug-likeness (QED) is 0.660. The predicted octanol–water partition coefficient (Wildman–Crippen LogP) is 4.51. The smallest absolute Gasteiger partial charge is 0.129 e. The second-order valence-corrected chi connectivity index (χ2v) is 5.20. The summed E-state index contributed by atoms with van der Waals surface area (Å²) in [5.74, 6) is 0.279. The van der Waals surface area contributed by atoms with Gasteiger partial charge in [0, 0.05) is 13.0 Å². The molecular formula is C18H22O2. The van der Waals surface area contributed by atoms with Crippen LogP contribution in [0.2, 0.25) is 0 Å². The molecular weight excluding hydrogens is 248 g/mol. The van der Waals surface area contributed by atoms with Gasteiger partial charge in [0.15, 0.2) is 0 Å². The highest BCUT2D eigenvalue weighted by atomic mass is 16.5. The van der Waals surface area contributed by atoms with Gasteiger partial charge in [-0.05, 0) is 36.1 Å². The van der Waals surface area contributed by atoms with Gasteiger partial charge in [0.05, 0.1) is 6.61 Å². The summed E-state index contributed by atoms with van der Waals surface area (Å²) in [6, 6.07) is 14.7. The zero-order chi connectivity index (χ0) is 14.2. The molecule has 2 aromatic rings. The van der Waals surface area contributed by atoms with Crippen molar-refractivity contribution in [3.8, 4) is 0 Å². The van der Waals surface area contributed by atoms with Crippen LogP contribution in [-0.4, -0.2) is 12.4 Å². The van der Waals surface area contributed by atoms with Crippen LogP contribution < -0.4 is 0 Å². The van der Waals surface area contributed by atoms with Gasteiger partial charge in [-0.15, -0.1) is 0 Å². The average molecular weight is 270 g/mol. The number of rotatable bonds is 8. The molecule has 2 rings (SSSR count). The average Bonchev–Trinajstić information content (AvgIpc) is 2.46. The van der Waals surface area contributed by atoms with Crippen LogP contribution in [0.1, 0.15) is 38.2 Å². The maximum absolute atomic E-state index is 10.8. The van der Waals surface area contributed by atoms with Gasteiger partial charge < -0.3 is 9.53 Å². The fourth-order valence-corrected chi connectivity index (χ4v) is 2.36. The third-order valence-corrected chi connectivity index (χ3v) is 3.46. The second-order valence-electron chi connectivity index (χ2n) is 5.20. The third-order valence-electron chi connectivity index (χ3n) is 3.46. The molecule has 0 N–H and O–H groups in total. The topological polar surface area (TPSA) is 26.3 Å². The molecule has 0 spiro atoms. The molecule has 2 aromatic carbocycles. The number of Topliss-reactive ketones (excluding diaryl/α,β-unsaturated/α-hetero) is 1. The Bertz CT molecular complexity index is 555. The number of benzene rings is 2. The Morgan fingerprint density at radius 2 is 1.80 bits per heavy atom. The molecule has 0 aliphatic heterocycles. The summed E-state index contributed by atoms with van der Waals surface area (Å²) in [6.07, 6.45) is 3.77. The van der Waals surface area contributed by atoms with E-state index < -0.39 is 0 Å². The minimum absolute atomic E-state index is 0.279. The monoisotopic (exact) mass is 270 g/mol. The Balaban J connectivity index is 1.75. The van der Waals surface area contributed by atoms with Gasteiger partial charge in [-0.2, -0.15) is 0 Å². The molecule has 20 heavy (non-hydrogen) atoms. The number of carbonyl (C=O) groups is 1. The normalized spacial score (nSPS) is 10.8. The van der Waals surface area contributed by atoms with Gasteiger partial charge in [0.25, 0.3) is 0 Å². The number of unbranched alkanes of at least 4 members (excludes halogenated alkanes) is 2. The number of ketones is 1. The Hall–Kier alpha value is -1.67. The lowest BCUT2D eigenvalue weighted by atomic mass is 10.1. The summed E-state index contributed by atoms with van der Waals surface area (Å²) < 4.78 is 5.75. The molecule has 0 aromatic heterocycles. The number of hydrogen-bond donors (Lipinski definition) is 0. The van der Waals surface area contributed by atoms with Crippen LogP contribution >= 0.6 is 0 Å². The van der Waals surface area contributed by atoms with Crippen molar-refractivity contribution in [2.45, 2.75) is 39.2 Å². The maximum atomic E-state index is 10.8. The van der Waals surface area contributed by atoms with E-state index in [2.05, 4.69) is 42.5 Å². The molecule has 2 nitrogen and oxygen atoms in total. The van der Waals surface area contributed by atoms with Crippen LogP contribution in [0.3, 0.4) is 0 Å². The van der Waals surface area contributed by atoms with Gasteiger partial charge in [0.1, 0.15) is 5.78 Å². The molecule has 0 atom stereocenters. The van der Waals surface area contributed by atoms with Crippen LogP contribution in [0, 0.1) is 0 Å². The Morgan fingerprint density at radius 1 is 1.00 bits per heavy atom. The summed E-state index contributed by atoms with van der Waals surface area (Å²) >= 11 is 0. The maximum Gasteiger partial charge on any atom is 0.129 e. The van der Waals surface area contributed by atoms with Gasteiger partial charge >= 0.3 is 0 Å². The molecule has 0 saturated carbocycles. The molecule has 0 bridgehead atoms. The van der Waals surface area contributed by atoms with Gasteiger partial charge in [-0.25, -0.2) is 0 Å². The summed E-state index contributed by atoms with van der Waals surface area (Å²) in [5, 5.41) is 2.53. The zero-order valence-corrected chi connectivity index (χ0v) is 12.1. The van der Waals surface area contributed by atoms with E-state index in [-0.39, 0.29) is 5.78 Å². The van der Waals surface area contributed by atoms with Crippen LogP contribution in [0.15, 0.2) is 42.5 Å².